The van der Waals surface area contributed by atoms with Crippen molar-refractivity contribution in [2.75, 3.05) is 13.2 Å². The first kappa shape index (κ1) is 13.1. The van der Waals surface area contributed by atoms with Crippen LogP contribution >= 0.6 is 0 Å². The Morgan fingerprint density at radius 1 is 1.35 bits per heavy atom. The number of hydrogen-bond donors (Lipinski definition) is 1. The van der Waals surface area contributed by atoms with Gasteiger partial charge in [-0.25, -0.2) is 4.79 Å². The fraction of sp³-hybridized carbons (Fsp3) is 0.308. The van der Waals surface area contributed by atoms with E-state index in [1.54, 1.807) is 0 Å². The molecule has 0 saturated carbocycles. The molecule has 0 bridgehead atoms. The van der Waals surface area contributed by atoms with E-state index in [1.807, 2.05) is 30.3 Å². The van der Waals surface area contributed by atoms with Gasteiger partial charge in [-0.3, -0.25) is 0 Å². The molecule has 1 rings (SSSR count). The van der Waals surface area contributed by atoms with Crippen LogP contribution in [0, 0.1) is 0 Å². The Morgan fingerprint density at radius 3 is 2.82 bits per heavy atom. The molecule has 0 aliphatic heterocycles. The summed E-state index contributed by atoms with van der Waals surface area (Å²) in [6.45, 7) is 4.78. The van der Waals surface area contributed by atoms with Crippen molar-refractivity contribution in [2.24, 2.45) is 0 Å². The minimum absolute atomic E-state index is 0.288. The zero-order valence-corrected chi connectivity index (χ0v) is 9.72. The number of amides is 1. The zero-order chi connectivity index (χ0) is 12.3. The Balaban J connectivity index is 2.07. The van der Waals surface area contributed by atoms with Crippen LogP contribution in [0.4, 0.5) is 4.79 Å². The summed E-state index contributed by atoms with van der Waals surface area (Å²) in [6.07, 6.45) is 1.70. The molecule has 0 radical (unpaired) electrons. The van der Waals surface area contributed by atoms with Crippen LogP contribution in [-0.2, 0) is 16.1 Å². The summed E-state index contributed by atoms with van der Waals surface area (Å²) in [7, 11) is 0. The van der Waals surface area contributed by atoms with Crippen LogP contribution in [0.5, 0.6) is 0 Å². The molecule has 0 spiro atoms. The summed E-state index contributed by atoms with van der Waals surface area (Å²) >= 11 is 0. The Morgan fingerprint density at radius 2 is 2.12 bits per heavy atom. The first-order valence-corrected chi connectivity index (χ1v) is 5.50. The normalized spacial score (nSPS) is 9.41. The first-order chi connectivity index (χ1) is 8.33. The van der Waals surface area contributed by atoms with Gasteiger partial charge in [0.05, 0.1) is 12.9 Å². The number of hydrogen-bond acceptors (Lipinski definition) is 3. The molecule has 4 heteroatoms. The fourth-order valence-corrected chi connectivity index (χ4v) is 1.20. The topological polar surface area (TPSA) is 47.6 Å². The Labute approximate surface area is 101 Å². The van der Waals surface area contributed by atoms with Crippen LogP contribution in [0.1, 0.15) is 12.0 Å². The van der Waals surface area contributed by atoms with Crippen molar-refractivity contribution < 1.29 is 14.3 Å². The molecule has 0 aliphatic rings. The predicted molar refractivity (Wildman–Crippen MR) is 65.4 cm³/mol. The van der Waals surface area contributed by atoms with Gasteiger partial charge in [0.2, 0.25) is 0 Å². The summed E-state index contributed by atoms with van der Waals surface area (Å²) in [5, 5.41) is 2.64. The number of alkyl carbamates (subject to hydrolysis) is 1. The molecule has 0 saturated heterocycles. The molecule has 0 unspecified atom stereocenters. The van der Waals surface area contributed by atoms with Gasteiger partial charge in [0.25, 0.3) is 0 Å². The molecule has 1 amide bonds. The van der Waals surface area contributed by atoms with Gasteiger partial charge in [-0.1, -0.05) is 36.9 Å². The van der Waals surface area contributed by atoms with Gasteiger partial charge in [-0.05, 0) is 12.0 Å². The molecular weight excluding hydrogens is 218 g/mol. The molecule has 1 aromatic rings. The number of benzene rings is 1. The van der Waals surface area contributed by atoms with Gasteiger partial charge < -0.3 is 14.8 Å². The van der Waals surface area contributed by atoms with Crippen LogP contribution in [-0.4, -0.2) is 19.2 Å². The molecule has 0 atom stereocenters. The summed E-state index contributed by atoms with van der Waals surface area (Å²) in [6, 6.07) is 9.55. The van der Waals surface area contributed by atoms with Gasteiger partial charge in [-0.2, -0.15) is 0 Å². The second-order valence-electron chi connectivity index (χ2n) is 3.38. The van der Waals surface area contributed by atoms with E-state index in [2.05, 4.69) is 11.9 Å². The van der Waals surface area contributed by atoms with Crippen LogP contribution < -0.4 is 5.32 Å². The summed E-state index contributed by atoms with van der Waals surface area (Å²) in [4.78, 5) is 11.3. The third-order valence-electron chi connectivity index (χ3n) is 2.04. The maximum absolute atomic E-state index is 11.3. The average molecular weight is 235 g/mol. The minimum Gasteiger partial charge on any atom is -0.502 e. The van der Waals surface area contributed by atoms with Crippen LogP contribution in [0.25, 0.3) is 0 Å². The minimum atomic E-state index is -0.410. The second-order valence-corrected chi connectivity index (χ2v) is 3.38. The summed E-state index contributed by atoms with van der Waals surface area (Å²) in [5.74, 6) is 0. The molecule has 0 heterocycles. The maximum atomic E-state index is 11.3. The molecular formula is C13H17NO3. The highest BCUT2D eigenvalue weighted by molar-refractivity contribution is 5.67. The van der Waals surface area contributed by atoms with E-state index in [0.717, 1.165) is 12.0 Å². The number of rotatable bonds is 7. The van der Waals surface area contributed by atoms with Crippen molar-refractivity contribution in [1.82, 2.24) is 5.32 Å². The number of carbonyl (C=O) groups is 1. The van der Waals surface area contributed by atoms with E-state index in [9.17, 15) is 4.79 Å². The van der Waals surface area contributed by atoms with E-state index < -0.39 is 6.09 Å². The number of carbonyl (C=O) groups excluding carboxylic acids is 1. The Bertz CT molecular complexity index is 338. The molecule has 0 aromatic heterocycles. The van der Waals surface area contributed by atoms with Crippen LogP contribution in [0.2, 0.25) is 0 Å². The van der Waals surface area contributed by atoms with E-state index in [-0.39, 0.29) is 6.61 Å². The fourth-order valence-electron chi connectivity index (χ4n) is 1.20. The molecule has 1 aromatic carbocycles. The quantitative estimate of drug-likeness (QED) is 0.583. The van der Waals surface area contributed by atoms with Crippen molar-refractivity contribution >= 4 is 6.09 Å². The third kappa shape index (κ3) is 6.25. The molecule has 1 N–H and O–H groups in total. The average Bonchev–Trinajstić information content (AvgIpc) is 2.37. The summed E-state index contributed by atoms with van der Waals surface area (Å²) < 4.78 is 9.94. The molecule has 0 fully saturated rings. The van der Waals surface area contributed by atoms with E-state index in [1.165, 1.54) is 6.26 Å². The molecule has 4 nitrogen and oxygen atoms in total. The van der Waals surface area contributed by atoms with E-state index >= 15 is 0 Å². The molecule has 0 aliphatic carbocycles. The lowest BCUT2D eigenvalue weighted by Crippen LogP contribution is -2.25. The van der Waals surface area contributed by atoms with Gasteiger partial charge >= 0.3 is 6.09 Å². The van der Waals surface area contributed by atoms with E-state index in [0.29, 0.717) is 13.2 Å². The summed E-state index contributed by atoms with van der Waals surface area (Å²) in [5.41, 5.74) is 0.970. The zero-order valence-electron chi connectivity index (χ0n) is 9.72. The third-order valence-corrected chi connectivity index (χ3v) is 2.04. The molecule has 17 heavy (non-hydrogen) atoms. The lowest BCUT2D eigenvalue weighted by Gasteiger charge is -2.06. The van der Waals surface area contributed by atoms with Crippen molar-refractivity contribution in [3.63, 3.8) is 0 Å². The number of ether oxygens (including phenoxy) is 2. The van der Waals surface area contributed by atoms with Gasteiger partial charge in [0.15, 0.2) is 0 Å². The SMILES string of the molecule is C=COCCCNC(=O)OCc1ccccc1. The largest absolute Gasteiger partial charge is 0.502 e. The lowest BCUT2D eigenvalue weighted by atomic mass is 10.2. The molecule has 92 valence electrons. The smallest absolute Gasteiger partial charge is 0.407 e. The van der Waals surface area contributed by atoms with Crippen LogP contribution in [0.3, 0.4) is 0 Å². The number of nitrogens with one attached hydrogen (secondary N) is 1. The first-order valence-electron chi connectivity index (χ1n) is 5.50. The Hall–Kier alpha value is -1.97. The van der Waals surface area contributed by atoms with Crippen molar-refractivity contribution in [3.05, 3.63) is 48.7 Å². The van der Waals surface area contributed by atoms with Gasteiger partial charge in [0.1, 0.15) is 6.61 Å². The highest BCUT2D eigenvalue weighted by Crippen LogP contribution is 2.00. The van der Waals surface area contributed by atoms with Crippen molar-refractivity contribution in [3.8, 4) is 0 Å². The maximum Gasteiger partial charge on any atom is 0.407 e. The highest BCUT2D eigenvalue weighted by atomic mass is 16.5. The lowest BCUT2D eigenvalue weighted by molar-refractivity contribution is 0.138. The highest BCUT2D eigenvalue weighted by Gasteiger charge is 2.00. The van der Waals surface area contributed by atoms with Gasteiger partial charge in [0, 0.05) is 6.54 Å². The van der Waals surface area contributed by atoms with Gasteiger partial charge in [-0.15, -0.1) is 0 Å². The monoisotopic (exact) mass is 235 g/mol. The second kappa shape index (κ2) is 8.21. The standard InChI is InChI=1S/C13H17NO3/c1-2-16-10-6-9-14-13(15)17-11-12-7-4-3-5-8-12/h2-5,7-8H,1,6,9-11H2,(H,14,15). The Kier molecular flexibility index (Phi) is 6.33. The predicted octanol–water partition coefficient (Wildman–Crippen LogP) is 2.46. The van der Waals surface area contributed by atoms with E-state index in [4.69, 9.17) is 9.47 Å². The van der Waals surface area contributed by atoms with Crippen LogP contribution in [0.15, 0.2) is 43.2 Å². The van der Waals surface area contributed by atoms with Crippen molar-refractivity contribution in [1.29, 1.82) is 0 Å². The van der Waals surface area contributed by atoms with Crippen molar-refractivity contribution in [2.45, 2.75) is 13.0 Å².